The van der Waals surface area contributed by atoms with E-state index in [1.807, 2.05) is 0 Å². The zero-order valence-electron chi connectivity index (χ0n) is 11.4. The monoisotopic (exact) mass is 259 g/mol. The van der Waals surface area contributed by atoms with Gasteiger partial charge in [0, 0.05) is 0 Å². The summed E-state index contributed by atoms with van der Waals surface area (Å²) >= 11 is 0. The van der Waals surface area contributed by atoms with Crippen LogP contribution >= 0.6 is 0 Å². The molecule has 0 aromatic rings. The highest BCUT2D eigenvalue weighted by Gasteiger charge is 2.22. The van der Waals surface area contributed by atoms with Crippen molar-refractivity contribution < 1.29 is 19.1 Å². The fourth-order valence-electron chi connectivity index (χ4n) is 0.959. The van der Waals surface area contributed by atoms with Crippen molar-refractivity contribution in [2.75, 3.05) is 0 Å². The van der Waals surface area contributed by atoms with Crippen LogP contribution in [0.5, 0.6) is 0 Å². The Morgan fingerprint density at radius 2 is 1.56 bits per heavy atom. The molecule has 0 unspecified atom stereocenters. The van der Waals surface area contributed by atoms with Crippen molar-refractivity contribution in [2.45, 2.75) is 52.3 Å². The molecular weight excluding hydrogens is 238 g/mol. The fraction of sp³-hybridized carbons (Fsp3) is 0.727. The molecule has 2 atom stereocenters. The highest BCUT2D eigenvalue weighted by atomic mass is 16.6. The molecule has 4 N–H and O–H groups in total. The van der Waals surface area contributed by atoms with Crippen LogP contribution in [0.25, 0.3) is 0 Å². The van der Waals surface area contributed by atoms with E-state index in [9.17, 15) is 14.4 Å². The third kappa shape index (κ3) is 6.72. The molecule has 0 radical (unpaired) electrons. The molecule has 0 saturated carbocycles. The molecule has 0 fully saturated rings. The minimum Gasteiger partial charge on any atom is -0.444 e. The van der Waals surface area contributed by atoms with Crippen LogP contribution in [0.4, 0.5) is 4.79 Å². The van der Waals surface area contributed by atoms with E-state index in [0.29, 0.717) is 0 Å². The van der Waals surface area contributed by atoms with Gasteiger partial charge in [0.05, 0.1) is 0 Å². The first-order chi connectivity index (χ1) is 8.03. The van der Waals surface area contributed by atoms with Crippen LogP contribution in [0.1, 0.15) is 34.6 Å². The number of ether oxygens (including phenoxy) is 1. The summed E-state index contributed by atoms with van der Waals surface area (Å²) in [6.45, 7) is 8.08. The van der Waals surface area contributed by atoms with E-state index in [2.05, 4.69) is 10.6 Å². The summed E-state index contributed by atoms with van der Waals surface area (Å²) in [7, 11) is 0. The second kappa shape index (κ2) is 6.23. The molecule has 0 aliphatic rings. The number of carbonyl (C=O) groups is 3. The lowest BCUT2D eigenvalue weighted by Gasteiger charge is -2.22. The predicted molar refractivity (Wildman–Crippen MR) is 65.6 cm³/mol. The molecule has 0 bridgehead atoms. The molecule has 0 aliphatic heterocycles. The Morgan fingerprint density at radius 3 is 1.94 bits per heavy atom. The Hall–Kier alpha value is -1.79. The van der Waals surface area contributed by atoms with Crippen LogP contribution in [0.3, 0.4) is 0 Å². The molecule has 0 spiro atoms. The topological polar surface area (TPSA) is 111 Å². The molecular formula is C11H21N3O4. The number of nitrogens with one attached hydrogen (secondary N) is 2. The van der Waals surface area contributed by atoms with E-state index in [-0.39, 0.29) is 0 Å². The molecule has 7 nitrogen and oxygen atoms in total. The standard InChI is InChI=1S/C11H21N3O4/c1-6(8(12)15)13-9(16)7(2)14-10(17)18-11(3,4)5/h6-7H,1-5H3,(H2,12,15)(H,13,16)(H,14,17)/t6-,7-/m0/s1. The zero-order valence-corrected chi connectivity index (χ0v) is 11.4. The minimum atomic E-state index is -0.818. The van der Waals surface area contributed by atoms with E-state index in [4.69, 9.17) is 10.5 Å². The maximum Gasteiger partial charge on any atom is 0.408 e. The SMILES string of the molecule is C[C@H](NC(=O)[C@H](C)NC(=O)OC(C)(C)C)C(N)=O. The van der Waals surface area contributed by atoms with E-state index >= 15 is 0 Å². The van der Waals surface area contributed by atoms with E-state index < -0.39 is 35.6 Å². The van der Waals surface area contributed by atoms with Crippen molar-refractivity contribution in [3.63, 3.8) is 0 Å². The van der Waals surface area contributed by atoms with Gasteiger partial charge < -0.3 is 21.1 Å². The van der Waals surface area contributed by atoms with E-state index in [1.54, 1.807) is 20.8 Å². The van der Waals surface area contributed by atoms with Gasteiger partial charge in [-0.1, -0.05) is 0 Å². The van der Waals surface area contributed by atoms with Crippen LogP contribution in [0.2, 0.25) is 0 Å². The number of primary amides is 1. The highest BCUT2D eigenvalue weighted by Crippen LogP contribution is 2.06. The van der Waals surface area contributed by atoms with Gasteiger partial charge in [0.15, 0.2) is 0 Å². The quantitative estimate of drug-likeness (QED) is 0.654. The lowest BCUT2D eigenvalue weighted by Crippen LogP contribution is -2.51. The minimum absolute atomic E-state index is 0.507. The number of carbonyl (C=O) groups excluding carboxylic acids is 3. The van der Waals surface area contributed by atoms with Gasteiger partial charge in [0.2, 0.25) is 11.8 Å². The Morgan fingerprint density at radius 1 is 1.06 bits per heavy atom. The predicted octanol–water partition coefficient (Wildman–Crippen LogP) is -0.110. The first-order valence-electron chi connectivity index (χ1n) is 5.62. The number of amides is 3. The summed E-state index contributed by atoms with van der Waals surface area (Å²) < 4.78 is 4.99. The average Bonchev–Trinajstić information content (AvgIpc) is 2.13. The normalized spacial score (nSPS) is 14.3. The molecule has 0 heterocycles. The molecule has 0 saturated heterocycles. The zero-order chi connectivity index (χ0) is 14.5. The van der Waals surface area contributed by atoms with Crippen molar-refractivity contribution in [3.8, 4) is 0 Å². The van der Waals surface area contributed by atoms with Gasteiger partial charge in [0.1, 0.15) is 17.7 Å². The largest absolute Gasteiger partial charge is 0.444 e. The number of nitrogens with two attached hydrogens (primary N) is 1. The molecule has 0 aromatic heterocycles. The van der Waals surface area contributed by atoms with Crippen LogP contribution < -0.4 is 16.4 Å². The molecule has 18 heavy (non-hydrogen) atoms. The van der Waals surface area contributed by atoms with Crippen molar-refractivity contribution in [2.24, 2.45) is 5.73 Å². The first kappa shape index (κ1) is 16.2. The van der Waals surface area contributed by atoms with Crippen LogP contribution in [-0.2, 0) is 14.3 Å². The van der Waals surface area contributed by atoms with Gasteiger partial charge in [0.25, 0.3) is 0 Å². The highest BCUT2D eigenvalue weighted by molar-refractivity contribution is 5.90. The summed E-state index contributed by atoms with van der Waals surface area (Å²) in [4.78, 5) is 33.7. The van der Waals surface area contributed by atoms with Crippen molar-refractivity contribution >= 4 is 17.9 Å². The Kier molecular flexibility index (Phi) is 5.61. The molecule has 3 amide bonds. The number of hydrogen-bond acceptors (Lipinski definition) is 4. The Labute approximate surface area is 106 Å². The summed E-state index contributed by atoms with van der Waals surface area (Å²) in [6.07, 6.45) is -0.697. The molecule has 0 aromatic carbocycles. The second-order valence-corrected chi connectivity index (χ2v) is 5.00. The van der Waals surface area contributed by atoms with Gasteiger partial charge >= 0.3 is 6.09 Å². The van der Waals surface area contributed by atoms with Crippen LogP contribution in [-0.4, -0.2) is 35.6 Å². The molecule has 104 valence electrons. The maximum absolute atomic E-state index is 11.6. The van der Waals surface area contributed by atoms with Crippen molar-refractivity contribution in [1.82, 2.24) is 10.6 Å². The number of alkyl carbamates (subject to hydrolysis) is 1. The van der Waals surface area contributed by atoms with Gasteiger partial charge in [-0.3, -0.25) is 9.59 Å². The third-order valence-electron chi connectivity index (χ3n) is 1.91. The Balaban J connectivity index is 4.24. The van der Waals surface area contributed by atoms with E-state index in [0.717, 1.165) is 0 Å². The van der Waals surface area contributed by atoms with Crippen molar-refractivity contribution in [1.29, 1.82) is 0 Å². The number of hydrogen-bond donors (Lipinski definition) is 3. The fourth-order valence-corrected chi connectivity index (χ4v) is 0.959. The average molecular weight is 259 g/mol. The third-order valence-corrected chi connectivity index (χ3v) is 1.91. The lowest BCUT2D eigenvalue weighted by molar-refractivity contribution is -0.128. The van der Waals surface area contributed by atoms with Crippen LogP contribution in [0.15, 0.2) is 0 Å². The first-order valence-corrected chi connectivity index (χ1v) is 5.62. The lowest BCUT2D eigenvalue weighted by atomic mass is 10.2. The smallest absolute Gasteiger partial charge is 0.408 e. The molecule has 0 rings (SSSR count). The van der Waals surface area contributed by atoms with Gasteiger partial charge in [-0.25, -0.2) is 4.79 Å². The Bertz CT molecular complexity index is 336. The summed E-state index contributed by atoms with van der Waals surface area (Å²) in [6, 6.07) is -1.61. The summed E-state index contributed by atoms with van der Waals surface area (Å²) in [5, 5.41) is 4.72. The van der Waals surface area contributed by atoms with Gasteiger partial charge in [-0.2, -0.15) is 0 Å². The number of rotatable bonds is 4. The molecule has 0 aliphatic carbocycles. The summed E-state index contributed by atoms with van der Waals surface area (Å²) in [5.74, 6) is -1.15. The van der Waals surface area contributed by atoms with Crippen molar-refractivity contribution in [3.05, 3.63) is 0 Å². The molecule has 7 heteroatoms. The van der Waals surface area contributed by atoms with Gasteiger partial charge in [-0.05, 0) is 34.6 Å². The van der Waals surface area contributed by atoms with E-state index in [1.165, 1.54) is 13.8 Å². The summed E-state index contributed by atoms with van der Waals surface area (Å²) in [5.41, 5.74) is 4.37. The van der Waals surface area contributed by atoms with Gasteiger partial charge in [-0.15, -0.1) is 0 Å². The van der Waals surface area contributed by atoms with Crippen LogP contribution in [0, 0.1) is 0 Å². The second-order valence-electron chi connectivity index (χ2n) is 5.00. The maximum atomic E-state index is 11.6.